The van der Waals surface area contributed by atoms with E-state index in [2.05, 4.69) is 10.5 Å². The van der Waals surface area contributed by atoms with Crippen molar-refractivity contribution in [1.82, 2.24) is 5.43 Å². The molecule has 0 saturated carbocycles. The van der Waals surface area contributed by atoms with E-state index >= 15 is 0 Å². The number of carbonyl (C=O) groups is 1. The minimum atomic E-state index is -0.365. The number of ether oxygens (including phenoxy) is 2. The van der Waals surface area contributed by atoms with E-state index in [1.165, 1.54) is 6.21 Å². The molecule has 8 heteroatoms. The number of benzene rings is 3. The highest BCUT2D eigenvalue weighted by molar-refractivity contribution is 6.35. The van der Waals surface area contributed by atoms with Crippen molar-refractivity contribution in [3.63, 3.8) is 0 Å². The second-order valence-electron chi connectivity index (χ2n) is 6.14. The molecular formula is C22H17Cl3N2O3. The van der Waals surface area contributed by atoms with Gasteiger partial charge in [-0.3, -0.25) is 4.79 Å². The zero-order valence-electron chi connectivity index (χ0n) is 15.9. The van der Waals surface area contributed by atoms with Gasteiger partial charge in [0, 0.05) is 26.2 Å². The van der Waals surface area contributed by atoms with Crippen LogP contribution in [0.3, 0.4) is 0 Å². The molecule has 0 fully saturated rings. The minimum Gasteiger partial charge on any atom is -0.493 e. The summed E-state index contributed by atoms with van der Waals surface area (Å²) in [5, 5.41) is 5.53. The van der Waals surface area contributed by atoms with Crippen molar-refractivity contribution in [1.29, 1.82) is 0 Å². The molecule has 3 rings (SSSR count). The van der Waals surface area contributed by atoms with Crippen LogP contribution in [0.2, 0.25) is 15.1 Å². The van der Waals surface area contributed by atoms with Gasteiger partial charge in [-0.1, -0.05) is 46.9 Å². The van der Waals surface area contributed by atoms with E-state index in [1.807, 2.05) is 0 Å². The Balaban J connectivity index is 1.69. The summed E-state index contributed by atoms with van der Waals surface area (Å²) in [6, 6.07) is 17.1. The SMILES string of the molecule is COc1ccc(/C=N\NC(=O)c2cccc(Cl)c2)cc1OCc1ccc(Cl)cc1Cl. The molecule has 0 aliphatic heterocycles. The summed E-state index contributed by atoms with van der Waals surface area (Å²) >= 11 is 18.0. The molecule has 0 radical (unpaired) electrons. The summed E-state index contributed by atoms with van der Waals surface area (Å²) in [6.07, 6.45) is 1.50. The normalized spacial score (nSPS) is 10.8. The highest BCUT2D eigenvalue weighted by Gasteiger charge is 2.08. The van der Waals surface area contributed by atoms with E-state index in [4.69, 9.17) is 44.3 Å². The molecular weight excluding hydrogens is 447 g/mol. The third-order valence-corrected chi connectivity index (χ3v) is 4.87. The number of amides is 1. The maximum Gasteiger partial charge on any atom is 0.271 e. The molecule has 0 saturated heterocycles. The first-order valence-corrected chi connectivity index (χ1v) is 9.93. The van der Waals surface area contributed by atoms with Crippen molar-refractivity contribution in [2.45, 2.75) is 6.61 Å². The Bertz CT molecular complexity index is 1090. The van der Waals surface area contributed by atoms with Crippen LogP contribution in [0, 0.1) is 0 Å². The molecule has 0 aliphatic carbocycles. The lowest BCUT2D eigenvalue weighted by molar-refractivity contribution is 0.0955. The number of carbonyl (C=O) groups excluding carboxylic acids is 1. The molecule has 1 N–H and O–H groups in total. The second kappa shape index (κ2) is 10.3. The average Bonchev–Trinajstić information content (AvgIpc) is 2.73. The number of halogens is 3. The van der Waals surface area contributed by atoms with Gasteiger partial charge in [0.05, 0.1) is 13.3 Å². The summed E-state index contributed by atoms with van der Waals surface area (Å²) < 4.78 is 11.2. The van der Waals surface area contributed by atoms with Gasteiger partial charge in [-0.15, -0.1) is 0 Å². The van der Waals surface area contributed by atoms with Crippen molar-refractivity contribution in [3.8, 4) is 11.5 Å². The van der Waals surface area contributed by atoms with Crippen molar-refractivity contribution >= 4 is 46.9 Å². The minimum absolute atomic E-state index is 0.235. The number of rotatable bonds is 7. The zero-order valence-corrected chi connectivity index (χ0v) is 18.1. The van der Waals surface area contributed by atoms with E-state index in [9.17, 15) is 4.79 Å². The topological polar surface area (TPSA) is 59.9 Å². The molecule has 30 heavy (non-hydrogen) atoms. The lowest BCUT2D eigenvalue weighted by Crippen LogP contribution is -2.17. The predicted molar refractivity (Wildman–Crippen MR) is 120 cm³/mol. The fourth-order valence-corrected chi connectivity index (χ4v) is 3.19. The van der Waals surface area contributed by atoms with Crippen LogP contribution < -0.4 is 14.9 Å². The van der Waals surface area contributed by atoms with Crippen molar-refractivity contribution in [2.24, 2.45) is 5.10 Å². The van der Waals surface area contributed by atoms with Gasteiger partial charge in [0.1, 0.15) is 6.61 Å². The van der Waals surface area contributed by atoms with E-state index < -0.39 is 0 Å². The van der Waals surface area contributed by atoms with Crippen LogP contribution in [0.4, 0.5) is 0 Å². The summed E-state index contributed by atoms with van der Waals surface area (Å²) in [5.74, 6) is 0.699. The van der Waals surface area contributed by atoms with Gasteiger partial charge < -0.3 is 9.47 Å². The monoisotopic (exact) mass is 462 g/mol. The van der Waals surface area contributed by atoms with Crippen LogP contribution in [0.25, 0.3) is 0 Å². The van der Waals surface area contributed by atoms with Crippen molar-refractivity contribution in [3.05, 3.63) is 92.4 Å². The number of nitrogens with one attached hydrogen (secondary N) is 1. The average molecular weight is 464 g/mol. The molecule has 0 aliphatic rings. The van der Waals surface area contributed by atoms with Crippen LogP contribution in [-0.4, -0.2) is 19.2 Å². The molecule has 154 valence electrons. The second-order valence-corrected chi connectivity index (χ2v) is 7.42. The Labute approximate surface area is 189 Å². The van der Waals surface area contributed by atoms with Gasteiger partial charge in [0.15, 0.2) is 11.5 Å². The number of nitrogens with zero attached hydrogens (tertiary/aromatic N) is 1. The molecule has 0 heterocycles. The molecule has 0 spiro atoms. The highest BCUT2D eigenvalue weighted by Crippen LogP contribution is 2.30. The van der Waals surface area contributed by atoms with Gasteiger partial charge in [-0.25, -0.2) is 5.43 Å². The summed E-state index contributed by atoms with van der Waals surface area (Å²) in [5.41, 5.74) is 4.37. The fraction of sp³-hybridized carbons (Fsp3) is 0.0909. The first kappa shape index (κ1) is 22.0. The van der Waals surface area contributed by atoms with Gasteiger partial charge in [0.25, 0.3) is 5.91 Å². The lowest BCUT2D eigenvalue weighted by atomic mass is 10.2. The van der Waals surface area contributed by atoms with E-state index in [0.717, 1.165) is 5.56 Å². The van der Waals surface area contributed by atoms with E-state index in [1.54, 1.807) is 67.8 Å². The van der Waals surface area contributed by atoms with Crippen LogP contribution in [-0.2, 0) is 6.61 Å². The smallest absolute Gasteiger partial charge is 0.271 e. The van der Waals surface area contributed by atoms with Gasteiger partial charge in [-0.05, 0) is 54.1 Å². The maximum atomic E-state index is 12.1. The van der Waals surface area contributed by atoms with Crippen LogP contribution >= 0.6 is 34.8 Å². The Morgan fingerprint density at radius 1 is 1.00 bits per heavy atom. The Hall–Kier alpha value is -2.73. The Morgan fingerprint density at radius 2 is 1.80 bits per heavy atom. The zero-order chi connectivity index (χ0) is 21.5. The highest BCUT2D eigenvalue weighted by atomic mass is 35.5. The van der Waals surface area contributed by atoms with E-state index in [-0.39, 0.29) is 12.5 Å². The van der Waals surface area contributed by atoms with Gasteiger partial charge in [0.2, 0.25) is 0 Å². The van der Waals surface area contributed by atoms with Crippen LogP contribution in [0.1, 0.15) is 21.5 Å². The summed E-state index contributed by atoms with van der Waals surface area (Å²) in [6.45, 7) is 0.235. The predicted octanol–water partition coefficient (Wildman–Crippen LogP) is 6.00. The lowest BCUT2D eigenvalue weighted by Gasteiger charge is -2.12. The van der Waals surface area contributed by atoms with Crippen LogP contribution in [0.5, 0.6) is 11.5 Å². The molecule has 3 aromatic rings. The Kier molecular flexibility index (Phi) is 7.57. The number of methoxy groups -OCH3 is 1. The third kappa shape index (κ3) is 5.89. The van der Waals surface area contributed by atoms with E-state index in [0.29, 0.717) is 37.7 Å². The fourth-order valence-electron chi connectivity index (χ4n) is 2.54. The largest absolute Gasteiger partial charge is 0.493 e. The summed E-state index contributed by atoms with van der Waals surface area (Å²) in [7, 11) is 1.55. The van der Waals surface area contributed by atoms with Crippen molar-refractivity contribution in [2.75, 3.05) is 7.11 Å². The molecule has 3 aromatic carbocycles. The standard InChI is InChI=1S/C22H17Cl3N2O3/c1-29-20-8-5-14(12-26-27-22(28)15-3-2-4-17(23)10-15)9-21(20)30-13-16-6-7-18(24)11-19(16)25/h2-12H,13H2,1H3,(H,27,28)/b26-12-. The van der Waals surface area contributed by atoms with Gasteiger partial charge in [-0.2, -0.15) is 5.10 Å². The molecule has 5 nitrogen and oxygen atoms in total. The first-order chi connectivity index (χ1) is 14.5. The number of hydrogen-bond acceptors (Lipinski definition) is 4. The quantitative estimate of drug-likeness (QED) is 0.345. The molecule has 0 bridgehead atoms. The Morgan fingerprint density at radius 3 is 2.53 bits per heavy atom. The molecule has 0 aromatic heterocycles. The van der Waals surface area contributed by atoms with Crippen molar-refractivity contribution < 1.29 is 14.3 Å². The third-order valence-electron chi connectivity index (χ3n) is 4.05. The number of hydrogen-bond donors (Lipinski definition) is 1. The first-order valence-electron chi connectivity index (χ1n) is 8.80. The molecule has 0 unspecified atom stereocenters. The number of hydrazone groups is 1. The van der Waals surface area contributed by atoms with Crippen LogP contribution in [0.15, 0.2) is 65.8 Å². The van der Waals surface area contributed by atoms with Gasteiger partial charge >= 0.3 is 0 Å². The summed E-state index contributed by atoms with van der Waals surface area (Å²) in [4.78, 5) is 12.1. The molecule has 1 amide bonds. The maximum absolute atomic E-state index is 12.1. The molecule has 0 atom stereocenters.